The standard InChI is InChI=1S/C15H17ClN2/c1-18-15(13-6-8-14(16)9-7-13)12-4-2-11(10-17)3-5-12/h2-9,15,18H,10,17H2,1H3. The predicted molar refractivity (Wildman–Crippen MR) is 76.7 cm³/mol. The van der Waals surface area contributed by atoms with Gasteiger partial charge >= 0.3 is 0 Å². The Balaban J connectivity index is 2.29. The van der Waals surface area contributed by atoms with E-state index in [1.807, 2.05) is 31.3 Å². The fourth-order valence-corrected chi connectivity index (χ4v) is 2.15. The maximum atomic E-state index is 5.91. The van der Waals surface area contributed by atoms with E-state index in [9.17, 15) is 0 Å². The maximum Gasteiger partial charge on any atom is 0.0574 e. The van der Waals surface area contributed by atoms with Gasteiger partial charge in [0.2, 0.25) is 0 Å². The van der Waals surface area contributed by atoms with Crippen molar-refractivity contribution in [2.24, 2.45) is 5.73 Å². The van der Waals surface area contributed by atoms with Crippen LogP contribution < -0.4 is 11.1 Å². The monoisotopic (exact) mass is 260 g/mol. The van der Waals surface area contributed by atoms with E-state index in [0.717, 1.165) is 10.6 Å². The topological polar surface area (TPSA) is 38.0 Å². The summed E-state index contributed by atoms with van der Waals surface area (Å²) in [6.07, 6.45) is 0. The van der Waals surface area contributed by atoms with Gasteiger partial charge in [-0.2, -0.15) is 0 Å². The average molecular weight is 261 g/mol. The van der Waals surface area contributed by atoms with E-state index >= 15 is 0 Å². The molecule has 2 aromatic carbocycles. The molecule has 2 nitrogen and oxygen atoms in total. The summed E-state index contributed by atoms with van der Waals surface area (Å²) in [5.41, 5.74) is 9.17. The van der Waals surface area contributed by atoms with Crippen LogP contribution in [0.3, 0.4) is 0 Å². The zero-order valence-electron chi connectivity index (χ0n) is 10.4. The number of benzene rings is 2. The molecule has 2 aromatic rings. The Bertz CT molecular complexity index is 491. The first-order valence-corrected chi connectivity index (χ1v) is 6.34. The van der Waals surface area contributed by atoms with Crippen LogP contribution in [-0.2, 0) is 6.54 Å². The highest BCUT2D eigenvalue weighted by atomic mass is 35.5. The molecule has 0 fully saturated rings. The zero-order chi connectivity index (χ0) is 13.0. The third kappa shape index (κ3) is 2.91. The van der Waals surface area contributed by atoms with Gasteiger partial charge in [0.05, 0.1) is 6.04 Å². The van der Waals surface area contributed by atoms with Gasteiger partial charge in [-0.25, -0.2) is 0 Å². The molecule has 94 valence electrons. The Morgan fingerprint density at radius 3 is 1.94 bits per heavy atom. The Hall–Kier alpha value is -1.35. The van der Waals surface area contributed by atoms with Crippen molar-refractivity contribution in [3.63, 3.8) is 0 Å². The molecule has 0 aliphatic rings. The number of hydrogen-bond donors (Lipinski definition) is 2. The van der Waals surface area contributed by atoms with Gasteiger partial charge in [0, 0.05) is 11.6 Å². The van der Waals surface area contributed by atoms with Gasteiger partial charge in [-0.1, -0.05) is 48.0 Å². The van der Waals surface area contributed by atoms with Crippen molar-refractivity contribution >= 4 is 11.6 Å². The smallest absolute Gasteiger partial charge is 0.0574 e. The molecule has 0 saturated carbocycles. The van der Waals surface area contributed by atoms with Crippen molar-refractivity contribution in [3.8, 4) is 0 Å². The minimum Gasteiger partial charge on any atom is -0.326 e. The molecule has 3 heteroatoms. The summed E-state index contributed by atoms with van der Waals surface area (Å²) in [5, 5.41) is 4.07. The van der Waals surface area contributed by atoms with E-state index in [1.54, 1.807) is 0 Å². The fraction of sp³-hybridized carbons (Fsp3) is 0.200. The first-order valence-electron chi connectivity index (χ1n) is 5.96. The highest BCUT2D eigenvalue weighted by Gasteiger charge is 2.11. The molecule has 0 heterocycles. The molecule has 18 heavy (non-hydrogen) atoms. The van der Waals surface area contributed by atoms with E-state index in [4.69, 9.17) is 17.3 Å². The van der Waals surface area contributed by atoms with Crippen LogP contribution in [0.4, 0.5) is 0 Å². The molecule has 3 N–H and O–H groups in total. The molecular weight excluding hydrogens is 244 g/mol. The highest BCUT2D eigenvalue weighted by Crippen LogP contribution is 2.23. The minimum atomic E-state index is 0.175. The van der Waals surface area contributed by atoms with Crippen molar-refractivity contribution in [2.75, 3.05) is 7.05 Å². The number of rotatable bonds is 4. The lowest BCUT2D eigenvalue weighted by molar-refractivity contribution is 0.691. The second-order valence-corrected chi connectivity index (χ2v) is 4.66. The van der Waals surface area contributed by atoms with Crippen molar-refractivity contribution < 1.29 is 0 Å². The fourth-order valence-electron chi connectivity index (χ4n) is 2.03. The van der Waals surface area contributed by atoms with Crippen molar-refractivity contribution in [1.82, 2.24) is 5.32 Å². The number of nitrogens with one attached hydrogen (secondary N) is 1. The summed E-state index contributed by atoms with van der Waals surface area (Å²) in [6, 6.07) is 16.4. The Morgan fingerprint density at radius 2 is 1.50 bits per heavy atom. The summed E-state index contributed by atoms with van der Waals surface area (Å²) < 4.78 is 0. The Morgan fingerprint density at radius 1 is 1.00 bits per heavy atom. The van der Waals surface area contributed by atoms with Crippen molar-refractivity contribution in [3.05, 3.63) is 70.2 Å². The van der Waals surface area contributed by atoms with E-state index < -0.39 is 0 Å². The van der Waals surface area contributed by atoms with Crippen molar-refractivity contribution in [2.45, 2.75) is 12.6 Å². The summed E-state index contributed by atoms with van der Waals surface area (Å²) in [6.45, 7) is 0.575. The summed E-state index contributed by atoms with van der Waals surface area (Å²) in [7, 11) is 1.95. The largest absolute Gasteiger partial charge is 0.326 e. The zero-order valence-corrected chi connectivity index (χ0v) is 11.1. The van der Waals surface area contributed by atoms with Crippen LogP contribution in [0.2, 0.25) is 5.02 Å². The van der Waals surface area contributed by atoms with Gasteiger partial charge in [0.25, 0.3) is 0 Å². The lowest BCUT2D eigenvalue weighted by Crippen LogP contribution is -2.17. The number of hydrogen-bond acceptors (Lipinski definition) is 2. The maximum absolute atomic E-state index is 5.91. The predicted octanol–water partition coefficient (Wildman–Crippen LogP) is 3.11. The molecule has 0 saturated heterocycles. The third-order valence-electron chi connectivity index (χ3n) is 3.04. The average Bonchev–Trinajstić information content (AvgIpc) is 2.42. The molecule has 1 unspecified atom stereocenters. The molecule has 0 radical (unpaired) electrons. The summed E-state index contributed by atoms with van der Waals surface area (Å²) in [5.74, 6) is 0. The molecule has 2 rings (SSSR count). The summed E-state index contributed by atoms with van der Waals surface area (Å²) in [4.78, 5) is 0. The molecule has 0 aliphatic carbocycles. The molecule has 0 bridgehead atoms. The molecule has 0 amide bonds. The second kappa shape index (κ2) is 6.01. The minimum absolute atomic E-state index is 0.175. The third-order valence-corrected chi connectivity index (χ3v) is 3.29. The van der Waals surface area contributed by atoms with E-state index in [0.29, 0.717) is 6.54 Å². The van der Waals surface area contributed by atoms with E-state index in [1.165, 1.54) is 11.1 Å². The molecular formula is C15H17ClN2. The quantitative estimate of drug-likeness (QED) is 0.887. The lowest BCUT2D eigenvalue weighted by Gasteiger charge is -2.17. The highest BCUT2D eigenvalue weighted by molar-refractivity contribution is 6.30. The Kier molecular flexibility index (Phi) is 4.37. The lowest BCUT2D eigenvalue weighted by atomic mass is 9.98. The van der Waals surface area contributed by atoms with Gasteiger partial charge in [-0.3, -0.25) is 0 Å². The van der Waals surface area contributed by atoms with E-state index in [-0.39, 0.29) is 6.04 Å². The van der Waals surface area contributed by atoms with Crippen molar-refractivity contribution in [1.29, 1.82) is 0 Å². The molecule has 1 atom stereocenters. The van der Waals surface area contributed by atoms with Gasteiger partial charge < -0.3 is 11.1 Å². The van der Waals surface area contributed by atoms with Crippen LogP contribution in [0.25, 0.3) is 0 Å². The van der Waals surface area contributed by atoms with Crippen LogP contribution in [-0.4, -0.2) is 7.05 Å². The molecule has 0 aliphatic heterocycles. The Labute approximate surface area is 113 Å². The molecule has 0 spiro atoms. The van der Waals surface area contributed by atoms with Crippen LogP contribution in [0.5, 0.6) is 0 Å². The van der Waals surface area contributed by atoms with Gasteiger partial charge in [-0.05, 0) is 35.9 Å². The SMILES string of the molecule is CNC(c1ccc(Cl)cc1)c1ccc(CN)cc1. The van der Waals surface area contributed by atoms with Crippen LogP contribution in [0, 0.1) is 0 Å². The van der Waals surface area contributed by atoms with Crippen LogP contribution >= 0.6 is 11.6 Å². The first kappa shape index (κ1) is 13.1. The van der Waals surface area contributed by atoms with Gasteiger partial charge in [0.1, 0.15) is 0 Å². The number of nitrogens with two attached hydrogens (primary N) is 1. The van der Waals surface area contributed by atoms with E-state index in [2.05, 4.69) is 29.6 Å². The molecule has 0 aromatic heterocycles. The normalized spacial score (nSPS) is 12.4. The second-order valence-electron chi connectivity index (χ2n) is 4.22. The summed E-state index contributed by atoms with van der Waals surface area (Å²) >= 11 is 5.91. The van der Waals surface area contributed by atoms with Crippen LogP contribution in [0.15, 0.2) is 48.5 Å². The van der Waals surface area contributed by atoms with Crippen LogP contribution in [0.1, 0.15) is 22.7 Å². The number of halogens is 1. The van der Waals surface area contributed by atoms with Gasteiger partial charge in [0.15, 0.2) is 0 Å². The first-order chi connectivity index (χ1) is 8.74. The van der Waals surface area contributed by atoms with Gasteiger partial charge in [-0.15, -0.1) is 0 Å².